The van der Waals surface area contributed by atoms with E-state index in [4.69, 9.17) is 4.42 Å². The molecule has 0 aliphatic heterocycles. The molecule has 0 bridgehead atoms. The minimum atomic E-state index is -0.729. The van der Waals surface area contributed by atoms with Gasteiger partial charge in [-0.25, -0.2) is 0 Å². The third-order valence-electron chi connectivity index (χ3n) is 3.76. The Hall–Kier alpha value is -2.75. The molecule has 0 saturated carbocycles. The fourth-order valence-corrected chi connectivity index (χ4v) is 2.64. The van der Waals surface area contributed by atoms with Crippen LogP contribution in [0.1, 0.15) is 24.3 Å². The minimum Gasteiger partial charge on any atom is -0.458 e. The van der Waals surface area contributed by atoms with Crippen molar-refractivity contribution < 1.29 is 4.42 Å². The molecule has 0 unspecified atom stereocenters. The van der Waals surface area contributed by atoms with Crippen LogP contribution in [0, 0.1) is 11.8 Å². The topological polar surface area (TPSA) is 59.6 Å². The SMILES string of the molecule is Cc1cccc2oc([C@@H](C)N=O)c(-c3ccccc3)c(=O)c12. The van der Waals surface area contributed by atoms with Gasteiger partial charge in [0.25, 0.3) is 0 Å². The predicted molar refractivity (Wildman–Crippen MR) is 86.9 cm³/mol. The number of benzene rings is 2. The fourth-order valence-electron chi connectivity index (χ4n) is 2.64. The van der Waals surface area contributed by atoms with Gasteiger partial charge in [0.05, 0.1) is 10.9 Å². The predicted octanol–water partition coefficient (Wildman–Crippen LogP) is 4.60. The maximum Gasteiger partial charge on any atom is 0.201 e. The van der Waals surface area contributed by atoms with Crippen molar-refractivity contribution >= 4 is 11.0 Å². The quantitative estimate of drug-likeness (QED) is 0.663. The number of aryl methyl sites for hydroxylation is 1. The first-order valence-electron chi connectivity index (χ1n) is 7.07. The summed E-state index contributed by atoms with van der Waals surface area (Å²) < 4.78 is 5.87. The second kappa shape index (κ2) is 5.56. The van der Waals surface area contributed by atoms with E-state index in [0.29, 0.717) is 22.3 Å². The summed E-state index contributed by atoms with van der Waals surface area (Å²) in [5, 5.41) is 3.58. The van der Waals surface area contributed by atoms with E-state index in [1.165, 1.54) is 0 Å². The summed E-state index contributed by atoms with van der Waals surface area (Å²) >= 11 is 0. The number of rotatable bonds is 3. The molecule has 0 radical (unpaired) electrons. The first-order chi connectivity index (χ1) is 10.6. The van der Waals surface area contributed by atoms with Crippen molar-refractivity contribution in [3.8, 4) is 11.1 Å². The molecule has 3 aromatic rings. The van der Waals surface area contributed by atoms with E-state index in [1.807, 2.05) is 49.4 Å². The number of nitroso groups, excluding NO2 is 1. The van der Waals surface area contributed by atoms with Gasteiger partial charge in [-0.1, -0.05) is 47.6 Å². The Labute approximate surface area is 127 Å². The molecule has 1 heterocycles. The highest BCUT2D eigenvalue weighted by molar-refractivity contribution is 5.85. The number of hydrogen-bond donors (Lipinski definition) is 0. The first kappa shape index (κ1) is 14.2. The lowest BCUT2D eigenvalue weighted by atomic mass is 9.98. The van der Waals surface area contributed by atoms with Crippen molar-refractivity contribution in [3.05, 3.63) is 75.0 Å². The van der Waals surface area contributed by atoms with Crippen LogP contribution in [-0.4, -0.2) is 0 Å². The molecule has 0 aliphatic carbocycles. The van der Waals surface area contributed by atoms with Gasteiger partial charge in [-0.15, -0.1) is 0 Å². The van der Waals surface area contributed by atoms with Crippen LogP contribution >= 0.6 is 0 Å². The van der Waals surface area contributed by atoms with Crippen molar-refractivity contribution in [1.82, 2.24) is 0 Å². The van der Waals surface area contributed by atoms with E-state index in [2.05, 4.69) is 5.18 Å². The average molecular weight is 293 g/mol. The molecule has 0 spiro atoms. The number of fused-ring (bicyclic) bond motifs is 1. The van der Waals surface area contributed by atoms with E-state index in [1.54, 1.807) is 13.0 Å². The highest BCUT2D eigenvalue weighted by atomic mass is 16.3. The third kappa shape index (κ3) is 2.22. The summed E-state index contributed by atoms with van der Waals surface area (Å²) in [5.74, 6) is 0.310. The number of nitrogens with zero attached hydrogens (tertiary/aromatic N) is 1. The summed E-state index contributed by atoms with van der Waals surface area (Å²) in [6.07, 6.45) is 0. The zero-order chi connectivity index (χ0) is 15.7. The zero-order valence-corrected chi connectivity index (χ0v) is 12.4. The van der Waals surface area contributed by atoms with Gasteiger partial charge in [0.2, 0.25) is 5.43 Å². The second-order valence-corrected chi connectivity index (χ2v) is 5.27. The molecule has 4 heteroatoms. The second-order valence-electron chi connectivity index (χ2n) is 5.27. The minimum absolute atomic E-state index is 0.129. The Kier molecular flexibility index (Phi) is 3.59. The molecule has 3 rings (SSSR count). The Morgan fingerprint density at radius 3 is 2.45 bits per heavy atom. The lowest BCUT2D eigenvalue weighted by Gasteiger charge is -2.12. The van der Waals surface area contributed by atoms with Gasteiger partial charge in [-0.2, -0.15) is 4.91 Å². The van der Waals surface area contributed by atoms with E-state index < -0.39 is 6.04 Å². The lowest BCUT2D eigenvalue weighted by molar-refractivity contribution is 0.503. The van der Waals surface area contributed by atoms with Crippen LogP contribution in [0.5, 0.6) is 0 Å². The largest absolute Gasteiger partial charge is 0.458 e. The van der Waals surface area contributed by atoms with E-state index >= 15 is 0 Å². The summed E-state index contributed by atoms with van der Waals surface area (Å²) in [5.41, 5.74) is 2.34. The summed E-state index contributed by atoms with van der Waals surface area (Å²) in [4.78, 5) is 24.0. The van der Waals surface area contributed by atoms with Crippen LogP contribution < -0.4 is 5.43 Å². The van der Waals surface area contributed by atoms with Gasteiger partial charge in [0.15, 0.2) is 0 Å². The van der Waals surface area contributed by atoms with E-state index in [-0.39, 0.29) is 5.43 Å². The molecular formula is C18H15NO3. The molecule has 1 aromatic heterocycles. The molecule has 2 aromatic carbocycles. The van der Waals surface area contributed by atoms with Crippen LogP contribution in [0.2, 0.25) is 0 Å². The smallest absolute Gasteiger partial charge is 0.201 e. The van der Waals surface area contributed by atoms with Gasteiger partial charge in [-0.3, -0.25) is 4.79 Å². The molecule has 0 fully saturated rings. The standard InChI is InChI=1S/C18H15NO3/c1-11-7-6-10-14-15(11)17(20)16(13-8-4-3-5-9-13)18(22-14)12(2)19-21/h3-10,12H,1-2H3/t12-/m1/s1. The van der Waals surface area contributed by atoms with Crippen LogP contribution in [0.3, 0.4) is 0 Å². The highest BCUT2D eigenvalue weighted by Crippen LogP contribution is 2.31. The van der Waals surface area contributed by atoms with Crippen LogP contribution in [0.25, 0.3) is 22.1 Å². The summed E-state index contributed by atoms with van der Waals surface area (Å²) in [6, 6.07) is 13.9. The summed E-state index contributed by atoms with van der Waals surface area (Å²) in [6.45, 7) is 3.49. The van der Waals surface area contributed by atoms with E-state index in [0.717, 1.165) is 11.1 Å². The first-order valence-corrected chi connectivity index (χ1v) is 7.07. The third-order valence-corrected chi connectivity index (χ3v) is 3.76. The van der Waals surface area contributed by atoms with Crippen molar-refractivity contribution in [1.29, 1.82) is 0 Å². The zero-order valence-electron chi connectivity index (χ0n) is 12.4. The molecule has 0 amide bonds. The summed E-state index contributed by atoms with van der Waals surface area (Å²) in [7, 11) is 0. The normalized spacial score (nSPS) is 12.3. The monoisotopic (exact) mass is 293 g/mol. The maximum atomic E-state index is 13.0. The molecule has 0 N–H and O–H groups in total. The molecular weight excluding hydrogens is 278 g/mol. The Morgan fingerprint density at radius 1 is 1.05 bits per heavy atom. The molecule has 0 saturated heterocycles. The average Bonchev–Trinajstić information content (AvgIpc) is 2.54. The van der Waals surface area contributed by atoms with E-state index in [9.17, 15) is 9.70 Å². The van der Waals surface area contributed by atoms with Gasteiger partial charge < -0.3 is 4.42 Å². The molecule has 1 atom stereocenters. The van der Waals surface area contributed by atoms with Gasteiger partial charge in [0.1, 0.15) is 17.4 Å². The van der Waals surface area contributed by atoms with Crippen LogP contribution in [0.4, 0.5) is 0 Å². The maximum absolute atomic E-state index is 13.0. The van der Waals surface area contributed by atoms with Crippen LogP contribution in [0.15, 0.2) is 62.9 Å². The van der Waals surface area contributed by atoms with Crippen LogP contribution in [-0.2, 0) is 0 Å². The van der Waals surface area contributed by atoms with Crippen molar-refractivity contribution in [2.75, 3.05) is 0 Å². The van der Waals surface area contributed by atoms with Gasteiger partial charge in [-0.05, 0) is 31.0 Å². The van der Waals surface area contributed by atoms with Crippen molar-refractivity contribution in [3.63, 3.8) is 0 Å². The highest BCUT2D eigenvalue weighted by Gasteiger charge is 2.21. The van der Waals surface area contributed by atoms with Crippen molar-refractivity contribution in [2.24, 2.45) is 5.18 Å². The molecule has 4 nitrogen and oxygen atoms in total. The molecule has 0 aliphatic rings. The Bertz CT molecular complexity index is 897. The number of hydrogen-bond acceptors (Lipinski definition) is 4. The van der Waals surface area contributed by atoms with Crippen molar-refractivity contribution in [2.45, 2.75) is 19.9 Å². The molecule has 110 valence electrons. The lowest BCUT2D eigenvalue weighted by Crippen LogP contribution is -2.11. The Balaban J connectivity index is 2.47. The molecule has 22 heavy (non-hydrogen) atoms. The fraction of sp³-hybridized carbons (Fsp3) is 0.167. The van der Waals surface area contributed by atoms with Gasteiger partial charge >= 0.3 is 0 Å². The Morgan fingerprint density at radius 2 is 1.77 bits per heavy atom. The van der Waals surface area contributed by atoms with Gasteiger partial charge in [0, 0.05) is 0 Å².